The number of methoxy groups -OCH3 is 1. The van der Waals surface area contributed by atoms with E-state index in [1.54, 1.807) is 18.2 Å². The van der Waals surface area contributed by atoms with Gasteiger partial charge in [-0.25, -0.2) is 8.42 Å². The van der Waals surface area contributed by atoms with Crippen LogP contribution in [0.5, 0.6) is 0 Å². The van der Waals surface area contributed by atoms with Crippen molar-refractivity contribution in [1.29, 1.82) is 0 Å². The van der Waals surface area contributed by atoms with E-state index >= 15 is 0 Å². The van der Waals surface area contributed by atoms with Gasteiger partial charge in [-0.15, -0.1) is 0 Å². The second kappa shape index (κ2) is 5.82. The molecule has 6 heteroatoms. The maximum atomic E-state index is 11.5. The predicted octanol–water partition coefficient (Wildman–Crippen LogP) is 0.558. The van der Waals surface area contributed by atoms with Crippen LogP contribution in [0, 0.1) is 0 Å². The molecule has 15 heavy (non-hydrogen) atoms. The summed E-state index contributed by atoms with van der Waals surface area (Å²) in [5, 5.41) is 0. The maximum absolute atomic E-state index is 11.5. The van der Waals surface area contributed by atoms with Crippen LogP contribution in [0.1, 0.15) is 0 Å². The van der Waals surface area contributed by atoms with E-state index in [0.29, 0.717) is 6.61 Å². The fraction of sp³-hybridized carbons (Fsp3) is 0.333. The molecule has 0 saturated heterocycles. The fourth-order valence-electron chi connectivity index (χ4n) is 0.863. The van der Waals surface area contributed by atoms with Crippen molar-refractivity contribution in [3.8, 4) is 0 Å². The number of ether oxygens (including phenoxy) is 1. The van der Waals surface area contributed by atoms with E-state index in [1.807, 2.05) is 0 Å². The van der Waals surface area contributed by atoms with E-state index in [9.17, 15) is 8.42 Å². The average molecular weight is 230 g/mol. The average Bonchev–Trinajstić information content (AvgIpc) is 2.26. The predicted molar refractivity (Wildman–Crippen MR) is 53.6 cm³/mol. The minimum absolute atomic E-state index is 0.113. The summed E-state index contributed by atoms with van der Waals surface area (Å²) in [6.45, 7) is 0.413. The third-order valence-electron chi connectivity index (χ3n) is 1.57. The van der Waals surface area contributed by atoms with Crippen molar-refractivity contribution in [2.45, 2.75) is 4.90 Å². The van der Waals surface area contributed by atoms with Crippen LogP contribution < -0.4 is 4.89 Å². The summed E-state index contributed by atoms with van der Waals surface area (Å²) in [5.74, 6) is 0. The Bertz CT molecular complexity index is 376. The summed E-state index contributed by atoms with van der Waals surface area (Å²) in [4.78, 5) is 7.87. The fourth-order valence-corrected chi connectivity index (χ4v) is 1.66. The molecule has 0 saturated carbocycles. The Hall–Kier alpha value is -0.950. The maximum Gasteiger partial charge on any atom is 0.281 e. The molecule has 0 atom stereocenters. The van der Waals surface area contributed by atoms with Crippen LogP contribution >= 0.6 is 0 Å². The Morgan fingerprint density at radius 1 is 1.20 bits per heavy atom. The highest BCUT2D eigenvalue weighted by molar-refractivity contribution is 7.89. The van der Waals surface area contributed by atoms with Gasteiger partial charge in [0.1, 0.15) is 0 Å². The van der Waals surface area contributed by atoms with Crippen molar-refractivity contribution in [3.63, 3.8) is 0 Å². The highest BCUT2D eigenvalue weighted by Gasteiger charge is 2.15. The van der Waals surface area contributed by atoms with Crippen LogP contribution in [0.4, 0.5) is 0 Å². The van der Waals surface area contributed by atoms with E-state index in [0.717, 1.165) is 0 Å². The minimum atomic E-state index is -3.69. The van der Waals surface area contributed by atoms with Crippen molar-refractivity contribution >= 4 is 10.0 Å². The third kappa shape index (κ3) is 3.96. The smallest absolute Gasteiger partial charge is 0.281 e. The zero-order chi connectivity index (χ0) is 11.1. The van der Waals surface area contributed by atoms with Gasteiger partial charge in [-0.3, -0.25) is 4.84 Å². The molecule has 1 aromatic rings. The molecule has 1 aromatic carbocycles. The third-order valence-corrected chi connectivity index (χ3v) is 2.74. The molecule has 0 aliphatic rings. The number of rotatable bonds is 6. The Labute approximate surface area is 89.0 Å². The lowest BCUT2D eigenvalue weighted by Gasteiger charge is -2.03. The zero-order valence-corrected chi connectivity index (χ0v) is 9.11. The molecule has 0 fully saturated rings. The number of benzene rings is 1. The van der Waals surface area contributed by atoms with Crippen molar-refractivity contribution < 1.29 is 18.0 Å². The van der Waals surface area contributed by atoms with E-state index < -0.39 is 10.0 Å². The second-order valence-electron chi connectivity index (χ2n) is 2.69. The van der Waals surface area contributed by atoms with Crippen LogP contribution in [0.2, 0.25) is 0 Å². The van der Waals surface area contributed by atoms with Gasteiger partial charge >= 0.3 is 0 Å². The zero-order valence-electron chi connectivity index (χ0n) is 8.29. The lowest BCUT2D eigenvalue weighted by molar-refractivity contribution is 0.0391. The lowest BCUT2D eigenvalue weighted by atomic mass is 10.4. The Morgan fingerprint density at radius 2 is 1.87 bits per heavy atom. The normalized spacial score (nSPS) is 11.5. The van der Waals surface area contributed by atoms with E-state index in [1.165, 1.54) is 19.2 Å². The Kier molecular flexibility index (Phi) is 4.70. The van der Waals surface area contributed by atoms with Gasteiger partial charge in [-0.05, 0) is 12.1 Å². The molecule has 83 valence electrons. The molecule has 0 spiro atoms. The van der Waals surface area contributed by atoms with E-state index in [-0.39, 0.29) is 11.5 Å². The molecule has 1 radical (unpaired) electrons. The van der Waals surface area contributed by atoms with Crippen LogP contribution in [-0.4, -0.2) is 28.7 Å². The Balaban J connectivity index is 2.53. The van der Waals surface area contributed by atoms with Gasteiger partial charge in [0.25, 0.3) is 10.0 Å². The van der Waals surface area contributed by atoms with Gasteiger partial charge in [0.05, 0.1) is 18.1 Å². The van der Waals surface area contributed by atoms with Crippen molar-refractivity contribution in [1.82, 2.24) is 4.89 Å². The van der Waals surface area contributed by atoms with Crippen molar-refractivity contribution in [3.05, 3.63) is 30.3 Å². The molecule has 0 aliphatic carbocycles. The highest BCUT2D eigenvalue weighted by atomic mass is 32.2. The van der Waals surface area contributed by atoms with Gasteiger partial charge in [-0.1, -0.05) is 18.2 Å². The van der Waals surface area contributed by atoms with Gasteiger partial charge < -0.3 is 4.74 Å². The van der Waals surface area contributed by atoms with E-state index in [4.69, 9.17) is 0 Å². The molecule has 0 aliphatic heterocycles. The first-order valence-corrected chi connectivity index (χ1v) is 5.74. The Morgan fingerprint density at radius 3 is 2.47 bits per heavy atom. The lowest BCUT2D eigenvalue weighted by Crippen LogP contribution is -2.19. The highest BCUT2D eigenvalue weighted by Crippen LogP contribution is 2.07. The first kappa shape index (κ1) is 12.1. The first-order valence-electron chi connectivity index (χ1n) is 4.30. The SMILES string of the molecule is COCCO[N]S(=O)(=O)c1ccccc1. The largest absolute Gasteiger partial charge is 0.382 e. The number of sulfonamides is 1. The van der Waals surface area contributed by atoms with Crippen LogP contribution in [0.25, 0.3) is 0 Å². The molecule has 0 heterocycles. The van der Waals surface area contributed by atoms with Gasteiger partial charge in [0.2, 0.25) is 0 Å². The van der Waals surface area contributed by atoms with Gasteiger partial charge in [0.15, 0.2) is 0 Å². The molecular weight excluding hydrogens is 218 g/mol. The summed E-state index contributed by atoms with van der Waals surface area (Å²) >= 11 is 0. The van der Waals surface area contributed by atoms with Crippen LogP contribution in [0.3, 0.4) is 0 Å². The summed E-state index contributed by atoms with van der Waals surface area (Å²) < 4.78 is 27.6. The van der Waals surface area contributed by atoms with Crippen LogP contribution in [-0.2, 0) is 19.6 Å². The molecule has 0 amide bonds. The number of hydrogen-bond donors (Lipinski definition) is 0. The molecule has 5 nitrogen and oxygen atoms in total. The molecule has 1 rings (SSSR count). The summed E-state index contributed by atoms with van der Waals surface area (Å²) in [5.41, 5.74) is 0. The van der Waals surface area contributed by atoms with E-state index in [2.05, 4.69) is 14.5 Å². The molecule has 0 bridgehead atoms. The van der Waals surface area contributed by atoms with Crippen molar-refractivity contribution in [2.24, 2.45) is 0 Å². The second-order valence-corrected chi connectivity index (χ2v) is 4.26. The number of hydrogen-bond acceptors (Lipinski definition) is 4. The first-order chi connectivity index (χ1) is 7.17. The minimum Gasteiger partial charge on any atom is -0.382 e. The monoisotopic (exact) mass is 230 g/mol. The summed E-state index contributed by atoms with van der Waals surface area (Å²) in [6.07, 6.45) is 0. The summed E-state index contributed by atoms with van der Waals surface area (Å²) in [7, 11) is -2.20. The quantitative estimate of drug-likeness (QED) is 0.529. The molecule has 0 N–H and O–H groups in total. The van der Waals surface area contributed by atoms with Gasteiger partial charge in [0, 0.05) is 12.0 Å². The number of nitrogens with zero attached hydrogens (tertiary/aromatic N) is 1. The van der Waals surface area contributed by atoms with Crippen molar-refractivity contribution in [2.75, 3.05) is 20.3 Å². The molecule has 0 unspecified atom stereocenters. The van der Waals surface area contributed by atoms with Gasteiger partial charge in [-0.2, -0.15) is 0 Å². The summed E-state index contributed by atoms with van der Waals surface area (Å²) in [6, 6.07) is 7.89. The standard InChI is InChI=1S/C9H12NO4S/c1-13-7-8-14-10-15(11,12)9-5-3-2-4-6-9/h2-6H,7-8H2,1H3. The van der Waals surface area contributed by atoms with Crippen LogP contribution in [0.15, 0.2) is 35.2 Å². The molecule has 0 aromatic heterocycles. The molecular formula is C9H12NO4S. The topological polar surface area (TPSA) is 66.7 Å².